The first-order chi connectivity index (χ1) is 11.1. The average Bonchev–Trinajstić information content (AvgIpc) is 3.23. The molecule has 0 unspecified atom stereocenters. The molecule has 2 atom stereocenters. The summed E-state index contributed by atoms with van der Waals surface area (Å²) in [5, 5.41) is 7.08. The maximum absolute atomic E-state index is 12.3. The molecule has 1 saturated heterocycles. The van der Waals surface area contributed by atoms with E-state index in [-0.39, 0.29) is 30.2 Å². The second-order valence-corrected chi connectivity index (χ2v) is 5.89. The fourth-order valence-corrected chi connectivity index (χ4v) is 2.79. The van der Waals surface area contributed by atoms with Gasteiger partial charge in [-0.3, -0.25) is 14.3 Å². The number of carbonyl (C=O) groups is 2. The summed E-state index contributed by atoms with van der Waals surface area (Å²) in [5.74, 6) is 0.324. The second kappa shape index (κ2) is 6.68. The first-order valence-electron chi connectivity index (χ1n) is 7.70. The Morgan fingerprint density at radius 2 is 2.39 bits per heavy atom. The fourth-order valence-electron chi connectivity index (χ4n) is 2.79. The Morgan fingerprint density at radius 1 is 1.52 bits per heavy atom. The largest absolute Gasteiger partial charge is 0.467 e. The van der Waals surface area contributed by atoms with E-state index in [9.17, 15) is 9.59 Å². The van der Waals surface area contributed by atoms with Gasteiger partial charge >= 0.3 is 0 Å². The lowest BCUT2D eigenvalue weighted by Gasteiger charge is -2.18. The number of hydrogen-bond donors (Lipinski definition) is 1. The van der Waals surface area contributed by atoms with E-state index in [0.29, 0.717) is 19.6 Å². The maximum atomic E-state index is 12.3. The molecule has 7 nitrogen and oxygen atoms in total. The van der Waals surface area contributed by atoms with Crippen molar-refractivity contribution in [3.8, 4) is 0 Å². The van der Waals surface area contributed by atoms with E-state index in [4.69, 9.17) is 4.42 Å². The van der Waals surface area contributed by atoms with Crippen molar-refractivity contribution in [1.82, 2.24) is 20.0 Å². The minimum Gasteiger partial charge on any atom is -0.467 e. The second-order valence-electron chi connectivity index (χ2n) is 5.89. The SMILES string of the molecule is C[C@H](Cn1cccn1)NC(=O)[C@H]1CC(=O)N(Cc2ccco2)C1. The first-order valence-corrected chi connectivity index (χ1v) is 7.70. The zero-order chi connectivity index (χ0) is 16.2. The van der Waals surface area contributed by atoms with Gasteiger partial charge in [-0.15, -0.1) is 0 Å². The minimum atomic E-state index is -0.308. The number of nitrogens with one attached hydrogen (secondary N) is 1. The first kappa shape index (κ1) is 15.3. The number of likely N-dealkylation sites (tertiary alicyclic amines) is 1. The van der Waals surface area contributed by atoms with Crippen molar-refractivity contribution in [3.63, 3.8) is 0 Å². The van der Waals surface area contributed by atoms with Gasteiger partial charge in [-0.1, -0.05) is 0 Å². The third-order valence-electron chi connectivity index (χ3n) is 3.92. The van der Waals surface area contributed by atoms with E-state index < -0.39 is 0 Å². The normalized spacial score (nSPS) is 19.1. The molecule has 7 heteroatoms. The van der Waals surface area contributed by atoms with Crippen molar-refractivity contribution >= 4 is 11.8 Å². The van der Waals surface area contributed by atoms with Crippen molar-refractivity contribution in [2.75, 3.05) is 6.54 Å². The van der Waals surface area contributed by atoms with Gasteiger partial charge in [-0.2, -0.15) is 5.10 Å². The van der Waals surface area contributed by atoms with Gasteiger partial charge in [0.15, 0.2) is 0 Å². The van der Waals surface area contributed by atoms with Gasteiger partial charge in [0.1, 0.15) is 5.76 Å². The van der Waals surface area contributed by atoms with Gasteiger partial charge in [0.05, 0.1) is 25.3 Å². The summed E-state index contributed by atoms with van der Waals surface area (Å²) < 4.78 is 7.03. The molecular formula is C16H20N4O3. The summed E-state index contributed by atoms with van der Waals surface area (Å²) >= 11 is 0. The highest BCUT2D eigenvalue weighted by molar-refractivity contribution is 5.89. The molecule has 23 heavy (non-hydrogen) atoms. The van der Waals surface area contributed by atoms with Crippen molar-refractivity contribution in [1.29, 1.82) is 0 Å². The number of nitrogens with zero attached hydrogens (tertiary/aromatic N) is 3. The van der Waals surface area contributed by atoms with E-state index >= 15 is 0 Å². The summed E-state index contributed by atoms with van der Waals surface area (Å²) in [4.78, 5) is 26.1. The lowest BCUT2D eigenvalue weighted by molar-refractivity contribution is -0.129. The standard InChI is InChI=1S/C16H20N4O3/c1-12(9-20-6-3-5-17-20)18-16(22)13-8-15(21)19(10-13)11-14-4-2-7-23-14/h2-7,12-13H,8-11H2,1H3,(H,18,22)/t12-,13+/m1/s1. The van der Waals surface area contributed by atoms with Gasteiger partial charge in [0, 0.05) is 31.4 Å². The Morgan fingerprint density at radius 3 is 3.09 bits per heavy atom. The molecule has 0 bridgehead atoms. The Bertz CT molecular complexity index is 651. The van der Waals surface area contributed by atoms with Crippen molar-refractivity contribution in [2.45, 2.75) is 32.5 Å². The molecule has 1 aliphatic rings. The van der Waals surface area contributed by atoms with Crippen LogP contribution in [-0.4, -0.2) is 39.1 Å². The predicted molar refractivity (Wildman–Crippen MR) is 82.1 cm³/mol. The topological polar surface area (TPSA) is 80.4 Å². The van der Waals surface area contributed by atoms with E-state index in [1.54, 1.807) is 28.1 Å². The van der Waals surface area contributed by atoms with Crippen LogP contribution in [0.5, 0.6) is 0 Å². The van der Waals surface area contributed by atoms with Crippen LogP contribution >= 0.6 is 0 Å². The molecule has 1 N–H and O–H groups in total. The molecule has 1 fully saturated rings. The Labute approximate surface area is 134 Å². The van der Waals surface area contributed by atoms with Crippen molar-refractivity contribution in [2.24, 2.45) is 5.92 Å². The predicted octanol–water partition coefficient (Wildman–Crippen LogP) is 1.03. The molecule has 2 aromatic rings. The average molecular weight is 316 g/mol. The molecule has 0 aromatic carbocycles. The van der Waals surface area contributed by atoms with E-state index in [0.717, 1.165) is 5.76 Å². The number of carbonyl (C=O) groups excluding carboxylic acids is 2. The quantitative estimate of drug-likeness (QED) is 0.863. The van der Waals surface area contributed by atoms with E-state index in [2.05, 4.69) is 10.4 Å². The Balaban J connectivity index is 1.51. The molecule has 3 heterocycles. The molecule has 0 aliphatic carbocycles. The zero-order valence-corrected chi connectivity index (χ0v) is 13.0. The summed E-state index contributed by atoms with van der Waals surface area (Å²) in [6.45, 7) is 3.38. The zero-order valence-electron chi connectivity index (χ0n) is 13.0. The third kappa shape index (κ3) is 3.80. The van der Waals surface area contributed by atoms with Gasteiger partial charge in [-0.25, -0.2) is 0 Å². The maximum Gasteiger partial charge on any atom is 0.225 e. The molecule has 3 rings (SSSR count). The fraction of sp³-hybridized carbons (Fsp3) is 0.438. The summed E-state index contributed by atoms with van der Waals surface area (Å²) in [6.07, 6.45) is 5.39. The Hall–Kier alpha value is -2.57. The molecule has 0 spiro atoms. The molecule has 0 saturated carbocycles. The van der Waals surface area contributed by atoms with Gasteiger partial charge < -0.3 is 14.6 Å². The van der Waals surface area contributed by atoms with Crippen LogP contribution in [0.1, 0.15) is 19.1 Å². The number of amides is 2. The van der Waals surface area contributed by atoms with Crippen LogP contribution in [0.3, 0.4) is 0 Å². The van der Waals surface area contributed by atoms with Crippen molar-refractivity contribution < 1.29 is 14.0 Å². The summed E-state index contributed by atoms with van der Waals surface area (Å²) in [6, 6.07) is 5.41. The van der Waals surface area contributed by atoms with Crippen LogP contribution in [0.4, 0.5) is 0 Å². The highest BCUT2D eigenvalue weighted by Gasteiger charge is 2.34. The van der Waals surface area contributed by atoms with E-state index in [1.807, 2.05) is 25.3 Å². The number of rotatable bonds is 6. The van der Waals surface area contributed by atoms with Crippen LogP contribution in [-0.2, 0) is 22.7 Å². The number of furan rings is 1. The molecule has 0 radical (unpaired) electrons. The van der Waals surface area contributed by atoms with Crippen LogP contribution in [0.15, 0.2) is 41.3 Å². The highest BCUT2D eigenvalue weighted by atomic mass is 16.3. The van der Waals surface area contributed by atoms with Crippen LogP contribution in [0.2, 0.25) is 0 Å². The van der Waals surface area contributed by atoms with Crippen molar-refractivity contribution in [3.05, 3.63) is 42.6 Å². The third-order valence-corrected chi connectivity index (χ3v) is 3.92. The lowest BCUT2D eigenvalue weighted by Crippen LogP contribution is -2.40. The van der Waals surface area contributed by atoms with Crippen LogP contribution < -0.4 is 5.32 Å². The monoisotopic (exact) mass is 316 g/mol. The van der Waals surface area contributed by atoms with Gasteiger partial charge in [0.2, 0.25) is 11.8 Å². The number of hydrogen-bond acceptors (Lipinski definition) is 4. The van der Waals surface area contributed by atoms with Crippen LogP contribution in [0, 0.1) is 5.92 Å². The molecular weight excluding hydrogens is 296 g/mol. The minimum absolute atomic E-state index is 0.0127. The van der Waals surface area contributed by atoms with Crippen LogP contribution in [0.25, 0.3) is 0 Å². The molecule has 2 amide bonds. The van der Waals surface area contributed by atoms with Gasteiger partial charge in [-0.05, 0) is 25.1 Å². The molecule has 2 aromatic heterocycles. The smallest absolute Gasteiger partial charge is 0.225 e. The van der Waals surface area contributed by atoms with Gasteiger partial charge in [0.25, 0.3) is 0 Å². The Kier molecular flexibility index (Phi) is 4.45. The lowest BCUT2D eigenvalue weighted by atomic mass is 10.1. The molecule has 122 valence electrons. The molecule has 1 aliphatic heterocycles. The summed E-state index contributed by atoms with van der Waals surface area (Å²) in [7, 11) is 0. The number of aromatic nitrogens is 2. The highest BCUT2D eigenvalue weighted by Crippen LogP contribution is 2.20. The van der Waals surface area contributed by atoms with E-state index in [1.165, 1.54) is 0 Å². The summed E-state index contributed by atoms with van der Waals surface area (Å²) in [5.41, 5.74) is 0.